The second-order valence-corrected chi connectivity index (χ2v) is 9.25. The first-order valence-electron chi connectivity index (χ1n) is 11.7. The Morgan fingerprint density at radius 3 is 2.81 bits per heavy atom. The van der Waals surface area contributed by atoms with Crippen LogP contribution < -0.4 is 16.0 Å². The molecule has 0 bridgehead atoms. The molecule has 1 aromatic carbocycles. The summed E-state index contributed by atoms with van der Waals surface area (Å²) in [4.78, 5) is 17.1. The van der Waals surface area contributed by atoms with Crippen LogP contribution in [-0.2, 0) is 9.53 Å². The number of halogens is 1. The molecule has 0 aliphatic carbocycles. The lowest BCUT2D eigenvalue weighted by atomic mass is 9.93. The molecule has 0 radical (unpaired) electrons. The number of aromatic nitrogens is 1. The molecule has 0 unspecified atom stereocenters. The number of carbonyl (C=O) groups is 1. The molecule has 0 spiro atoms. The molecule has 3 N–H and O–H groups in total. The third-order valence-corrected chi connectivity index (χ3v) is 6.90. The Hall–Kier alpha value is -2.15. The van der Waals surface area contributed by atoms with Crippen molar-refractivity contribution in [3.63, 3.8) is 0 Å². The first kappa shape index (κ1) is 23.0. The van der Waals surface area contributed by atoms with Gasteiger partial charge in [0.25, 0.3) is 0 Å². The Morgan fingerprint density at radius 1 is 1.22 bits per heavy atom. The van der Waals surface area contributed by atoms with Crippen molar-refractivity contribution in [1.82, 2.24) is 10.3 Å². The van der Waals surface area contributed by atoms with Gasteiger partial charge in [0.2, 0.25) is 5.91 Å². The predicted octanol–water partition coefficient (Wildman–Crippen LogP) is 4.96. The minimum absolute atomic E-state index is 0.0136. The van der Waals surface area contributed by atoms with Crippen LogP contribution in [0.1, 0.15) is 39.0 Å². The number of nitrogens with zero attached hydrogens (tertiary/aromatic N) is 1. The van der Waals surface area contributed by atoms with Crippen molar-refractivity contribution in [3.05, 3.63) is 41.6 Å². The van der Waals surface area contributed by atoms with Crippen molar-refractivity contribution in [2.45, 2.75) is 45.1 Å². The first-order chi connectivity index (χ1) is 15.6. The summed E-state index contributed by atoms with van der Waals surface area (Å²) in [6.07, 6.45) is 6.84. The zero-order valence-electron chi connectivity index (χ0n) is 18.7. The summed E-state index contributed by atoms with van der Waals surface area (Å²) < 4.78 is 5.45. The third-order valence-electron chi connectivity index (χ3n) is 6.60. The number of hydrogen-bond donors (Lipinski definition) is 3. The smallest absolute Gasteiger partial charge is 0.229 e. The van der Waals surface area contributed by atoms with E-state index in [2.05, 4.69) is 40.0 Å². The van der Waals surface area contributed by atoms with Crippen LogP contribution >= 0.6 is 11.6 Å². The number of amides is 1. The van der Waals surface area contributed by atoms with Gasteiger partial charge in [-0.25, -0.2) is 4.98 Å². The highest BCUT2D eigenvalue weighted by molar-refractivity contribution is 6.33. The highest BCUT2D eigenvalue weighted by Crippen LogP contribution is 2.31. The summed E-state index contributed by atoms with van der Waals surface area (Å²) >= 11 is 6.48. The molecule has 172 valence electrons. The predicted molar refractivity (Wildman–Crippen MR) is 130 cm³/mol. The summed E-state index contributed by atoms with van der Waals surface area (Å²) in [5.74, 6) is 1.16. The highest BCUT2D eigenvalue weighted by atomic mass is 35.5. The molecule has 0 saturated carbocycles. The van der Waals surface area contributed by atoms with E-state index in [1.54, 1.807) is 6.20 Å². The summed E-state index contributed by atoms with van der Waals surface area (Å²) in [6.45, 7) is 5.53. The molecule has 1 aromatic heterocycles. The normalized spacial score (nSPS) is 21.8. The van der Waals surface area contributed by atoms with Gasteiger partial charge in [0, 0.05) is 49.8 Å². The fourth-order valence-electron chi connectivity index (χ4n) is 4.45. The topological polar surface area (TPSA) is 75.3 Å². The SMILES string of the molecule is CC[C@@H]1CC[C@@H](C(=O)Nc2cc(-c3cccc(NCC4CCOCC4)c3)c(Cl)cn2)CN1. The Kier molecular flexibility index (Phi) is 8.00. The molecule has 6 nitrogen and oxygen atoms in total. The molecule has 3 heterocycles. The van der Waals surface area contributed by atoms with Crippen molar-refractivity contribution in [2.24, 2.45) is 11.8 Å². The van der Waals surface area contributed by atoms with E-state index in [-0.39, 0.29) is 11.8 Å². The van der Waals surface area contributed by atoms with E-state index in [4.69, 9.17) is 16.3 Å². The van der Waals surface area contributed by atoms with E-state index in [0.29, 0.717) is 29.3 Å². The second-order valence-electron chi connectivity index (χ2n) is 8.84. The standard InChI is InChI=1S/C25H33ClN4O2/c1-2-20-7-6-19(15-28-20)25(31)30-24-13-22(23(26)16-29-24)18-4-3-5-21(12-18)27-14-17-8-10-32-11-9-17/h3-5,12-13,16-17,19-20,27-28H,2,6-11,14-15H2,1H3,(H,29,30,31)/t19-,20-/m1/s1. The van der Waals surface area contributed by atoms with Crippen molar-refractivity contribution < 1.29 is 9.53 Å². The van der Waals surface area contributed by atoms with Gasteiger partial charge >= 0.3 is 0 Å². The molecule has 4 rings (SSSR count). The monoisotopic (exact) mass is 456 g/mol. The molecule has 32 heavy (non-hydrogen) atoms. The molecule has 2 fully saturated rings. The second kappa shape index (κ2) is 11.1. The van der Waals surface area contributed by atoms with Crippen LogP contribution in [0.25, 0.3) is 11.1 Å². The number of rotatable bonds is 7. The zero-order chi connectivity index (χ0) is 22.3. The van der Waals surface area contributed by atoms with Crippen LogP contribution in [0.2, 0.25) is 5.02 Å². The van der Waals surface area contributed by atoms with E-state index in [1.165, 1.54) is 0 Å². The van der Waals surface area contributed by atoms with Gasteiger partial charge in [0.1, 0.15) is 5.82 Å². The molecule has 2 aliphatic heterocycles. The average Bonchev–Trinajstić information content (AvgIpc) is 2.85. The molecular weight excluding hydrogens is 424 g/mol. The van der Waals surface area contributed by atoms with E-state index in [0.717, 1.165) is 68.7 Å². The summed E-state index contributed by atoms with van der Waals surface area (Å²) in [5, 5.41) is 10.6. The van der Waals surface area contributed by atoms with Crippen molar-refractivity contribution in [1.29, 1.82) is 0 Å². The zero-order valence-corrected chi connectivity index (χ0v) is 19.5. The maximum Gasteiger partial charge on any atom is 0.229 e. The molecule has 2 aliphatic rings. The number of pyridine rings is 1. The third kappa shape index (κ3) is 6.00. The molecule has 2 aromatic rings. The van der Waals surface area contributed by atoms with Crippen molar-refractivity contribution in [2.75, 3.05) is 36.9 Å². The minimum Gasteiger partial charge on any atom is -0.385 e. The fourth-order valence-corrected chi connectivity index (χ4v) is 4.67. The summed E-state index contributed by atoms with van der Waals surface area (Å²) in [5.41, 5.74) is 2.92. The Morgan fingerprint density at radius 2 is 2.06 bits per heavy atom. The Bertz CT molecular complexity index is 909. The lowest BCUT2D eigenvalue weighted by Crippen LogP contribution is -2.43. The molecular formula is C25H33ClN4O2. The van der Waals surface area contributed by atoms with Gasteiger partial charge in [0.05, 0.1) is 10.9 Å². The van der Waals surface area contributed by atoms with E-state index in [9.17, 15) is 4.79 Å². The largest absolute Gasteiger partial charge is 0.385 e. The van der Waals surface area contributed by atoms with Crippen LogP contribution in [0.15, 0.2) is 36.5 Å². The van der Waals surface area contributed by atoms with E-state index < -0.39 is 0 Å². The summed E-state index contributed by atoms with van der Waals surface area (Å²) in [7, 11) is 0. The van der Waals surface area contributed by atoms with E-state index >= 15 is 0 Å². The fraction of sp³-hybridized carbons (Fsp3) is 0.520. The molecule has 2 atom stereocenters. The van der Waals surface area contributed by atoms with Crippen LogP contribution in [0.3, 0.4) is 0 Å². The van der Waals surface area contributed by atoms with Gasteiger partial charge in [0.15, 0.2) is 0 Å². The van der Waals surface area contributed by atoms with E-state index in [1.807, 2.05) is 18.2 Å². The quantitative estimate of drug-likeness (QED) is 0.549. The Labute approximate surface area is 195 Å². The highest BCUT2D eigenvalue weighted by Gasteiger charge is 2.25. The number of ether oxygens (including phenoxy) is 1. The lowest BCUT2D eigenvalue weighted by Gasteiger charge is -2.28. The number of nitrogens with one attached hydrogen (secondary N) is 3. The van der Waals surface area contributed by atoms with Gasteiger partial charge in [-0.2, -0.15) is 0 Å². The minimum atomic E-state index is -0.0311. The van der Waals surface area contributed by atoms with Crippen LogP contribution in [0.4, 0.5) is 11.5 Å². The number of anilines is 2. The van der Waals surface area contributed by atoms with Gasteiger partial charge < -0.3 is 20.7 Å². The average molecular weight is 457 g/mol. The first-order valence-corrected chi connectivity index (χ1v) is 12.1. The summed E-state index contributed by atoms with van der Waals surface area (Å²) in [6, 6.07) is 10.6. The number of hydrogen-bond acceptors (Lipinski definition) is 5. The molecule has 2 saturated heterocycles. The van der Waals surface area contributed by atoms with Crippen molar-refractivity contribution in [3.8, 4) is 11.1 Å². The van der Waals surface area contributed by atoms with Gasteiger partial charge in [-0.3, -0.25) is 4.79 Å². The van der Waals surface area contributed by atoms with Gasteiger partial charge in [-0.1, -0.05) is 30.7 Å². The molecule has 7 heteroatoms. The van der Waals surface area contributed by atoms with Crippen LogP contribution in [-0.4, -0.2) is 43.2 Å². The van der Waals surface area contributed by atoms with Crippen LogP contribution in [0.5, 0.6) is 0 Å². The molecule has 1 amide bonds. The maximum atomic E-state index is 12.7. The van der Waals surface area contributed by atoms with Crippen LogP contribution in [0, 0.1) is 11.8 Å². The number of benzene rings is 1. The lowest BCUT2D eigenvalue weighted by molar-refractivity contribution is -0.120. The number of carbonyl (C=O) groups excluding carboxylic acids is 1. The van der Waals surface area contributed by atoms with Gasteiger partial charge in [-0.05, 0) is 61.8 Å². The number of piperidine rings is 1. The van der Waals surface area contributed by atoms with Crippen molar-refractivity contribution >= 4 is 29.0 Å². The van der Waals surface area contributed by atoms with Gasteiger partial charge in [-0.15, -0.1) is 0 Å². The maximum absolute atomic E-state index is 12.7. The Balaban J connectivity index is 1.41.